The lowest BCUT2D eigenvalue weighted by atomic mass is 9.80. The fourth-order valence-electron chi connectivity index (χ4n) is 2.06. The molecule has 19 heavy (non-hydrogen) atoms. The number of benzene rings is 1. The van der Waals surface area contributed by atoms with E-state index in [1.165, 1.54) is 0 Å². The number of rotatable bonds is 5. The van der Waals surface area contributed by atoms with Crippen molar-refractivity contribution in [3.8, 4) is 0 Å². The fourth-order valence-corrected chi connectivity index (χ4v) is 2.06. The summed E-state index contributed by atoms with van der Waals surface area (Å²) in [6, 6.07) is 9.82. The van der Waals surface area contributed by atoms with Gasteiger partial charge < -0.3 is 5.73 Å². The van der Waals surface area contributed by atoms with Gasteiger partial charge in [-0.05, 0) is 25.8 Å². The Balaban J connectivity index is 2.33. The summed E-state index contributed by atoms with van der Waals surface area (Å²) in [5.74, 6) is -0.344. The topological polar surface area (TPSA) is 73.8 Å². The molecule has 1 atom stereocenters. The van der Waals surface area contributed by atoms with Crippen LogP contribution >= 0.6 is 0 Å². The molecule has 0 aliphatic heterocycles. The standard InChI is InChI=1S/C14H18N4O/c1-14(2,13(15)19)12(18-9-8-16-17-18)10-11-6-4-3-5-7-11/h3-9,12H,10H2,1-2H3,(H2,15,19). The van der Waals surface area contributed by atoms with Crippen molar-refractivity contribution in [2.24, 2.45) is 11.1 Å². The molecule has 0 bridgehead atoms. The second-order valence-corrected chi connectivity index (χ2v) is 5.17. The summed E-state index contributed by atoms with van der Waals surface area (Å²) in [4.78, 5) is 11.7. The molecule has 0 aliphatic rings. The van der Waals surface area contributed by atoms with Crippen LogP contribution in [-0.4, -0.2) is 20.9 Å². The third kappa shape index (κ3) is 2.81. The van der Waals surface area contributed by atoms with Crippen LogP contribution in [0.5, 0.6) is 0 Å². The van der Waals surface area contributed by atoms with E-state index >= 15 is 0 Å². The molecule has 2 rings (SSSR count). The first-order chi connectivity index (χ1) is 9.01. The van der Waals surface area contributed by atoms with Gasteiger partial charge in [-0.15, -0.1) is 5.10 Å². The van der Waals surface area contributed by atoms with Crippen molar-refractivity contribution in [1.29, 1.82) is 0 Å². The molecule has 0 radical (unpaired) electrons. The van der Waals surface area contributed by atoms with E-state index in [2.05, 4.69) is 10.3 Å². The Morgan fingerprint density at radius 3 is 2.58 bits per heavy atom. The molecule has 0 saturated carbocycles. The fraction of sp³-hybridized carbons (Fsp3) is 0.357. The van der Waals surface area contributed by atoms with Crippen molar-refractivity contribution in [2.45, 2.75) is 26.3 Å². The van der Waals surface area contributed by atoms with Crippen LogP contribution in [0.1, 0.15) is 25.5 Å². The maximum Gasteiger partial charge on any atom is 0.225 e. The summed E-state index contributed by atoms with van der Waals surface area (Å²) in [5.41, 5.74) is 5.96. The predicted octanol–water partition coefficient (Wildman–Crippen LogP) is 1.57. The minimum atomic E-state index is -0.705. The van der Waals surface area contributed by atoms with E-state index in [0.717, 1.165) is 5.56 Å². The second kappa shape index (κ2) is 5.22. The van der Waals surface area contributed by atoms with Gasteiger partial charge in [0.25, 0.3) is 0 Å². The van der Waals surface area contributed by atoms with Gasteiger partial charge in [0.1, 0.15) is 0 Å². The van der Waals surface area contributed by atoms with Gasteiger partial charge in [0, 0.05) is 6.20 Å². The lowest BCUT2D eigenvalue weighted by molar-refractivity contribution is -0.128. The number of carbonyl (C=O) groups excluding carboxylic acids is 1. The molecule has 1 aromatic carbocycles. The number of hydrogen-bond acceptors (Lipinski definition) is 3. The Labute approximate surface area is 112 Å². The van der Waals surface area contributed by atoms with Crippen molar-refractivity contribution >= 4 is 5.91 Å². The monoisotopic (exact) mass is 258 g/mol. The predicted molar refractivity (Wildman–Crippen MR) is 72.2 cm³/mol. The molecule has 0 saturated heterocycles. The molecule has 1 heterocycles. The first-order valence-electron chi connectivity index (χ1n) is 6.21. The minimum Gasteiger partial charge on any atom is -0.369 e. The van der Waals surface area contributed by atoms with Gasteiger partial charge in [0.15, 0.2) is 0 Å². The van der Waals surface area contributed by atoms with Crippen LogP contribution in [0, 0.1) is 5.41 Å². The summed E-state index contributed by atoms with van der Waals surface area (Å²) >= 11 is 0. The molecule has 1 aromatic heterocycles. The number of amides is 1. The molecular weight excluding hydrogens is 240 g/mol. The molecule has 2 aromatic rings. The van der Waals surface area contributed by atoms with Crippen LogP contribution < -0.4 is 5.73 Å². The van der Waals surface area contributed by atoms with Crippen LogP contribution in [-0.2, 0) is 11.2 Å². The zero-order chi connectivity index (χ0) is 13.9. The highest BCUT2D eigenvalue weighted by molar-refractivity contribution is 5.80. The van der Waals surface area contributed by atoms with Gasteiger partial charge in [-0.3, -0.25) is 4.79 Å². The summed E-state index contributed by atoms with van der Waals surface area (Å²) < 4.78 is 1.71. The molecule has 2 N–H and O–H groups in total. The maximum atomic E-state index is 11.7. The van der Waals surface area contributed by atoms with Crippen LogP contribution in [0.2, 0.25) is 0 Å². The first-order valence-corrected chi connectivity index (χ1v) is 6.21. The molecule has 0 aliphatic carbocycles. The average molecular weight is 258 g/mol. The average Bonchev–Trinajstić information content (AvgIpc) is 2.90. The largest absolute Gasteiger partial charge is 0.369 e. The van der Waals surface area contributed by atoms with E-state index in [-0.39, 0.29) is 11.9 Å². The highest BCUT2D eigenvalue weighted by atomic mass is 16.1. The van der Waals surface area contributed by atoms with Gasteiger partial charge in [-0.25, -0.2) is 4.68 Å². The summed E-state index contributed by atoms with van der Waals surface area (Å²) in [6.45, 7) is 3.68. The van der Waals surface area contributed by atoms with Crippen molar-refractivity contribution in [1.82, 2.24) is 15.0 Å². The maximum absolute atomic E-state index is 11.7. The smallest absolute Gasteiger partial charge is 0.225 e. The lowest BCUT2D eigenvalue weighted by Gasteiger charge is -2.31. The molecule has 5 heteroatoms. The third-order valence-corrected chi connectivity index (χ3v) is 3.50. The summed E-state index contributed by atoms with van der Waals surface area (Å²) in [5, 5.41) is 7.84. The molecule has 5 nitrogen and oxygen atoms in total. The van der Waals surface area contributed by atoms with Gasteiger partial charge in [-0.2, -0.15) is 0 Å². The Bertz CT molecular complexity index is 534. The molecule has 100 valence electrons. The number of nitrogens with two attached hydrogens (primary N) is 1. The summed E-state index contributed by atoms with van der Waals surface area (Å²) in [7, 11) is 0. The Kier molecular flexibility index (Phi) is 3.64. The minimum absolute atomic E-state index is 0.158. The zero-order valence-electron chi connectivity index (χ0n) is 11.2. The highest BCUT2D eigenvalue weighted by Crippen LogP contribution is 2.33. The molecule has 0 fully saturated rings. The van der Waals surface area contributed by atoms with Crippen LogP contribution in [0.25, 0.3) is 0 Å². The zero-order valence-corrected chi connectivity index (χ0v) is 11.2. The Morgan fingerprint density at radius 1 is 1.37 bits per heavy atom. The number of aromatic nitrogens is 3. The number of nitrogens with zero attached hydrogens (tertiary/aromatic N) is 3. The van der Waals surface area contributed by atoms with Gasteiger partial charge in [0.2, 0.25) is 5.91 Å². The van der Waals surface area contributed by atoms with Crippen molar-refractivity contribution < 1.29 is 4.79 Å². The number of hydrogen-bond donors (Lipinski definition) is 1. The molecule has 1 amide bonds. The SMILES string of the molecule is CC(C)(C(N)=O)C(Cc1ccccc1)n1ccnn1. The number of carbonyl (C=O) groups is 1. The van der Waals surface area contributed by atoms with Crippen LogP contribution in [0.3, 0.4) is 0 Å². The quantitative estimate of drug-likeness (QED) is 0.884. The van der Waals surface area contributed by atoms with E-state index in [1.54, 1.807) is 17.1 Å². The van der Waals surface area contributed by atoms with Crippen LogP contribution in [0.15, 0.2) is 42.7 Å². The van der Waals surface area contributed by atoms with Gasteiger partial charge in [-0.1, -0.05) is 35.5 Å². The van der Waals surface area contributed by atoms with Crippen LogP contribution in [0.4, 0.5) is 0 Å². The number of primary amides is 1. The normalized spacial score (nSPS) is 13.2. The Hall–Kier alpha value is -2.17. The third-order valence-electron chi connectivity index (χ3n) is 3.50. The van der Waals surface area contributed by atoms with Gasteiger partial charge in [0.05, 0.1) is 17.7 Å². The van der Waals surface area contributed by atoms with E-state index < -0.39 is 5.41 Å². The second-order valence-electron chi connectivity index (χ2n) is 5.17. The van der Waals surface area contributed by atoms with E-state index in [1.807, 2.05) is 44.2 Å². The highest BCUT2D eigenvalue weighted by Gasteiger charge is 2.37. The lowest BCUT2D eigenvalue weighted by Crippen LogP contribution is -2.40. The molecule has 0 spiro atoms. The van der Waals surface area contributed by atoms with Crippen molar-refractivity contribution in [3.05, 3.63) is 48.3 Å². The first kappa shape index (κ1) is 13.3. The molecule has 1 unspecified atom stereocenters. The van der Waals surface area contributed by atoms with Crippen molar-refractivity contribution in [2.75, 3.05) is 0 Å². The molecular formula is C14H18N4O. The van der Waals surface area contributed by atoms with E-state index in [0.29, 0.717) is 6.42 Å². The van der Waals surface area contributed by atoms with Gasteiger partial charge >= 0.3 is 0 Å². The van der Waals surface area contributed by atoms with E-state index in [4.69, 9.17) is 5.73 Å². The Morgan fingerprint density at radius 2 is 2.05 bits per heavy atom. The van der Waals surface area contributed by atoms with E-state index in [9.17, 15) is 4.79 Å². The van der Waals surface area contributed by atoms with Crippen molar-refractivity contribution in [3.63, 3.8) is 0 Å². The summed E-state index contributed by atoms with van der Waals surface area (Å²) in [6.07, 6.45) is 4.05.